The van der Waals surface area contributed by atoms with Gasteiger partial charge in [0.25, 0.3) is 0 Å². The normalized spacial score (nSPS) is 18.1. The maximum atomic E-state index is 13.1. The molecule has 2 N–H and O–H groups in total. The van der Waals surface area contributed by atoms with Crippen LogP contribution in [-0.2, 0) is 19.6 Å². The van der Waals surface area contributed by atoms with Crippen molar-refractivity contribution in [3.63, 3.8) is 0 Å². The van der Waals surface area contributed by atoms with Crippen molar-refractivity contribution in [3.8, 4) is 11.5 Å². The Bertz CT molecular complexity index is 1080. The first-order valence-corrected chi connectivity index (χ1v) is 13.2. The highest BCUT2D eigenvalue weighted by Crippen LogP contribution is 2.25. The molecule has 0 radical (unpaired) electrons. The molecule has 2 aromatic rings. The Balaban J connectivity index is 1.56. The van der Waals surface area contributed by atoms with Crippen LogP contribution in [0.5, 0.6) is 11.5 Å². The van der Waals surface area contributed by atoms with Crippen LogP contribution in [0.25, 0.3) is 0 Å². The molecule has 1 atom stereocenters. The monoisotopic (exact) mass is 503 g/mol. The van der Waals surface area contributed by atoms with Gasteiger partial charge in [-0.05, 0) is 43.5 Å². The number of amides is 2. The number of carbonyl (C=O) groups excluding carboxylic acids is 2. The van der Waals surface area contributed by atoms with E-state index in [1.54, 1.807) is 49.6 Å². The van der Waals surface area contributed by atoms with Crippen LogP contribution < -0.4 is 20.1 Å². The highest BCUT2D eigenvalue weighted by atomic mass is 32.2. The molecule has 1 heterocycles. The molecule has 0 saturated carbocycles. The summed E-state index contributed by atoms with van der Waals surface area (Å²) in [6.45, 7) is 1.29. The van der Waals surface area contributed by atoms with Gasteiger partial charge < -0.3 is 20.1 Å². The first kappa shape index (κ1) is 26.5. The van der Waals surface area contributed by atoms with Crippen LogP contribution in [0.1, 0.15) is 25.7 Å². The fraction of sp³-hybridized carbons (Fsp3) is 0.440. The minimum absolute atomic E-state index is 0.0726. The van der Waals surface area contributed by atoms with Crippen LogP contribution in [0.4, 0.5) is 0 Å². The zero-order chi connectivity index (χ0) is 25.1. The molecule has 9 nitrogen and oxygen atoms in total. The van der Waals surface area contributed by atoms with E-state index in [1.807, 2.05) is 12.1 Å². The molecule has 10 heteroatoms. The van der Waals surface area contributed by atoms with Gasteiger partial charge in [-0.3, -0.25) is 9.59 Å². The van der Waals surface area contributed by atoms with Gasteiger partial charge in [-0.1, -0.05) is 30.3 Å². The van der Waals surface area contributed by atoms with Crippen LogP contribution in [0.15, 0.2) is 59.5 Å². The SMILES string of the molecule is COc1ccccc1OCCNC(=O)C1CCCN(S(=O)(=O)c2ccccc2)CCC(=O)NCC1. The molecule has 0 spiro atoms. The maximum Gasteiger partial charge on any atom is 0.243 e. The van der Waals surface area contributed by atoms with E-state index in [2.05, 4.69) is 10.6 Å². The highest BCUT2D eigenvalue weighted by Gasteiger charge is 2.26. The molecule has 1 saturated heterocycles. The minimum atomic E-state index is -3.73. The molecule has 3 rings (SSSR count). The standard InChI is InChI=1S/C25H33N3O6S/c1-33-22-11-5-6-12-23(22)34-19-16-27-25(30)20-8-7-17-28(18-14-24(29)26-15-13-20)35(31,32)21-9-3-2-4-10-21/h2-6,9-12,20H,7-8,13-19H2,1H3,(H,26,29)(H,27,30). The van der Waals surface area contributed by atoms with Crippen molar-refractivity contribution < 1.29 is 27.5 Å². The number of hydrogen-bond donors (Lipinski definition) is 2. The Labute approximate surface area is 206 Å². The second-order valence-corrected chi connectivity index (χ2v) is 10.2. The number of methoxy groups -OCH3 is 1. The number of rotatable bonds is 8. The van der Waals surface area contributed by atoms with E-state index in [1.165, 1.54) is 4.31 Å². The van der Waals surface area contributed by atoms with Gasteiger partial charge in [0.2, 0.25) is 21.8 Å². The molecule has 1 aliphatic rings. The molecule has 1 aliphatic heterocycles. The average Bonchev–Trinajstić information content (AvgIpc) is 2.92. The number of benzene rings is 2. The Morgan fingerprint density at radius 2 is 1.77 bits per heavy atom. The van der Waals surface area contributed by atoms with Gasteiger partial charge in [0.05, 0.1) is 18.6 Å². The number of para-hydroxylation sites is 2. The van der Waals surface area contributed by atoms with E-state index >= 15 is 0 Å². The summed E-state index contributed by atoms with van der Waals surface area (Å²) in [6, 6.07) is 15.5. The Morgan fingerprint density at radius 3 is 2.51 bits per heavy atom. The Morgan fingerprint density at radius 1 is 1.06 bits per heavy atom. The predicted molar refractivity (Wildman–Crippen MR) is 132 cm³/mol. The summed E-state index contributed by atoms with van der Waals surface area (Å²) >= 11 is 0. The number of carbonyl (C=O) groups is 2. The summed E-state index contributed by atoms with van der Waals surface area (Å²) in [5.74, 6) is 0.500. The number of sulfonamides is 1. The molecule has 1 unspecified atom stereocenters. The van der Waals surface area contributed by atoms with Crippen LogP contribution in [0, 0.1) is 5.92 Å². The smallest absolute Gasteiger partial charge is 0.243 e. The van der Waals surface area contributed by atoms with Crippen molar-refractivity contribution in [2.75, 3.05) is 39.9 Å². The van der Waals surface area contributed by atoms with Crippen molar-refractivity contribution >= 4 is 21.8 Å². The zero-order valence-corrected chi connectivity index (χ0v) is 20.8. The second kappa shape index (κ2) is 13.1. The minimum Gasteiger partial charge on any atom is -0.493 e. The third kappa shape index (κ3) is 7.69. The summed E-state index contributed by atoms with van der Waals surface area (Å²) in [7, 11) is -2.16. The molecule has 2 aromatic carbocycles. The second-order valence-electron chi connectivity index (χ2n) is 8.24. The highest BCUT2D eigenvalue weighted by molar-refractivity contribution is 7.89. The summed E-state index contributed by atoms with van der Waals surface area (Å²) in [4.78, 5) is 25.3. The largest absolute Gasteiger partial charge is 0.493 e. The van der Waals surface area contributed by atoms with Crippen LogP contribution in [-0.4, -0.2) is 64.4 Å². The van der Waals surface area contributed by atoms with E-state index in [0.29, 0.717) is 43.9 Å². The number of nitrogens with zero attached hydrogens (tertiary/aromatic N) is 1. The first-order chi connectivity index (χ1) is 16.9. The molecule has 0 aromatic heterocycles. The van der Waals surface area contributed by atoms with Gasteiger partial charge in [-0.25, -0.2) is 8.42 Å². The molecule has 1 fully saturated rings. The zero-order valence-electron chi connectivity index (χ0n) is 19.9. The molecular weight excluding hydrogens is 470 g/mol. The lowest BCUT2D eigenvalue weighted by Gasteiger charge is -2.22. The molecule has 2 amide bonds. The van der Waals surface area contributed by atoms with Gasteiger partial charge in [0, 0.05) is 32.0 Å². The number of hydrogen-bond acceptors (Lipinski definition) is 6. The van der Waals surface area contributed by atoms with Gasteiger partial charge in [-0.15, -0.1) is 0 Å². The molecular formula is C25H33N3O6S. The number of ether oxygens (including phenoxy) is 2. The number of nitrogens with one attached hydrogen (secondary N) is 2. The lowest BCUT2D eigenvalue weighted by atomic mass is 9.98. The first-order valence-electron chi connectivity index (χ1n) is 11.8. The summed E-state index contributed by atoms with van der Waals surface area (Å²) in [5.41, 5.74) is 0. The summed E-state index contributed by atoms with van der Waals surface area (Å²) in [5, 5.41) is 5.69. The fourth-order valence-corrected chi connectivity index (χ4v) is 5.43. The third-order valence-electron chi connectivity index (χ3n) is 5.84. The molecule has 190 valence electrons. The van der Waals surface area contributed by atoms with Gasteiger partial charge in [0.15, 0.2) is 11.5 Å². The van der Waals surface area contributed by atoms with E-state index < -0.39 is 10.0 Å². The van der Waals surface area contributed by atoms with Crippen LogP contribution >= 0.6 is 0 Å². The maximum absolute atomic E-state index is 13.1. The van der Waals surface area contributed by atoms with Crippen molar-refractivity contribution in [2.45, 2.75) is 30.6 Å². The van der Waals surface area contributed by atoms with Crippen molar-refractivity contribution in [1.29, 1.82) is 0 Å². The van der Waals surface area contributed by atoms with Gasteiger partial charge >= 0.3 is 0 Å². The van der Waals surface area contributed by atoms with E-state index in [0.717, 1.165) is 0 Å². The molecule has 0 bridgehead atoms. The Hall–Kier alpha value is -3.11. The van der Waals surface area contributed by atoms with Gasteiger partial charge in [0.1, 0.15) is 6.61 Å². The van der Waals surface area contributed by atoms with E-state index in [4.69, 9.17) is 9.47 Å². The average molecular weight is 504 g/mol. The van der Waals surface area contributed by atoms with Crippen molar-refractivity contribution in [3.05, 3.63) is 54.6 Å². The molecule has 0 aliphatic carbocycles. The lowest BCUT2D eigenvalue weighted by Crippen LogP contribution is -2.36. The third-order valence-corrected chi connectivity index (χ3v) is 7.76. The summed E-state index contributed by atoms with van der Waals surface area (Å²) < 4.78 is 38.5. The predicted octanol–water partition coefficient (Wildman–Crippen LogP) is 2.19. The molecule has 35 heavy (non-hydrogen) atoms. The topological polar surface area (TPSA) is 114 Å². The fourth-order valence-electron chi connectivity index (χ4n) is 3.93. The summed E-state index contributed by atoms with van der Waals surface area (Å²) in [6.07, 6.45) is 1.57. The van der Waals surface area contributed by atoms with E-state index in [-0.39, 0.29) is 48.7 Å². The van der Waals surface area contributed by atoms with E-state index in [9.17, 15) is 18.0 Å². The van der Waals surface area contributed by atoms with Crippen LogP contribution in [0.2, 0.25) is 0 Å². The lowest BCUT2D eigenvalue weighted by molar-refractivity contribution is -0.126. The van der Waals surface area contributed by atoms with Crippen LogP contribution in [0.3, 0.4) is 0 Å². The Kier molecular flexibility index (Phi) is 9.92. The van der Waals surface area contributed by atoms with Gasteiger partial charge in [-0.2, -0.15) is 4.31 Å². The van der Waals surface area contributed by atoms with Crippen molar-refractivity contribution in [2.24, 2.45) is 5.92 Å². The van der Waals surface area contributed by atoms with Crippen molar-refractivity contribution in [1.82, 2.24) is 14.9 Å². The quantitative estimate of drug-likeness (QED) is 0.534.